The minimum atomic E-state index is -1.68. The fourth-order valence-corrected chi connectivity index (χ4v) is 2.98. The maximum absolute atomic E-state index is 13.7. The fourth-order valence-electron chi connectivity index (χ4n) is 2.98. The van der Waals surface area contributed by atoms with E-state index in [0.29, 0.717) is 18.0 Å². The fraction of sp³-hybridized carbons (Fsp3) is 0.263. The highest BCUT2D eigenvalue weighted by molar-refractivity contribution is 6.01. The number of rotatable bonds is 6. The molecule has 6 nitrogen and oxygen atoms in total. The van der Waals surface area contributed by atoms with Crippen molar-refractivity contribution in [3.05, 3.63) is 53.6 Å². The second-order valence-electron chi connectivity index (χ2n) is 6.26. The lowest BCUT2D eigenvalue weighted by Crippen LogP contribution is -2.37. The lowest BCUT2D eigenvalue weighted by atomic mass is 10.1. The predicted molar refractivity (Wildman–Crippen MR) is 96.1 cm³/mol. The molecule has 2 aromatic rings. The lowest BCUT2D eigenvalue weighted by molar-refractivity contribution is -0.125. The first kappa shape index (κ1) is 20.4. The molecular formula is C19H17F4N3O3. The Bertz CT molecular complexity index is 928. The van der Waals surface area contributed by atoms with Crippen molar-refractivity contribution >= 4 is 23.2 Å². The molecule has 2 N–H and O–H groups in total. The average molecular weight is 411 g/mol. The molecule has 1 fully saturated rings. The van der Waals surface area contributed by atoms with Gasteiger partial charge in [-0.3, -0.25) is 20.4 Å². The van der Waals surface area contributed by atoms with E-state index in [1.165, 1.54) is 4.90 Å². The second-order valence-corrected chi connectivity index (χ2v) is 6.26. The number of nitrogens with zero attached hydrogens (tertiary/aromatic N) is 1. The van der Waals surface area contributed by atoms with Crippen molar-refractivity contribution in [1.82, 2.24) is 5.43 Å². The molecule has 0 radical (unpaired) electrons. The van der Waals surface area contributed by atoms with Gasteiger partial charge in [0.25, 0.3) is 0 Å². The van der Waals surface area contributed by atoms with Crippen molar-refractivity contribution in [3.8, 4) is 5.75 Å². The summed E-state index contributed by atoms with van der Waals surface area (Å²) in [5.41, 5.74) is 3.18. The Morgan fingerprint density at radius 2 is 1.83 bits per heavy atom. The number of amides is 2. The summed E-state index contributed by atoms with van der Waals surface area (Å²) in [5.74, 6) is -8.08. The molecule has 0 bridgehead atoms. The molecule has 1 aliphatic rings. The molecule has 0 aromatic heterocycles. The number of ether oxygens (including phenoxy) is 1. The Labute approximate surface area is 163 Å². The van der Waals surface area contributed by atoms with Gasteiger partial charge in [-0.25, -0.2) is 17.6 Å². The van der Waals surface area contributed by atoms with Crippen LogP contribution in [-0.4, -0.2) is 25.0 Å². The highest BCUT2D eigenvalue weighted by Gasteiger charge is 2.36. The Morgan fingerprint density at radius 3 is 2.48 bits per heavy atom. The normalized spacial score (nSPS) is 16.1. The van der Waals surface area contributed by atoms with Crippen LogP contribution in [0.2, 0.25) is 0 Å². The van der Waals surface area contributed by atoms with Gasteiger partial charge in [0.1, 0.15) is 11.4 Å². The average Bonchev–Trinajstić information content (AvgIpc) is 3.08. The minimum Gasteiger partial charge on any atom is -0.492 e. The molecule has 10 heteroatoms. The molecule has 1 atom stereocenters. The number of carbonyl (C=O) groups is 2. The molecule has 2 aromatic carbocycles. The number of hydrazine groups is 1. The van der Waals surface area contributed by atoms with E-state index in [1.807, 2.05) is 10.9 Å². The van der Waals surface area contributed by atoms with E-state index in [2.05, 4.69) is 0 Å². The molecule has 1 heterocycles. The van der Waals surface area contributed by atoms with Gasteiger partial charge in [0.15, 0.2) is 23.3 Å². The van der Waals surface area contributed by atoms with Crippen LogP contribution in [-0.2, 0) is 9.59 Å². The Morgan fingerprint density at radius 1 is 1.17 bits per heavy atom. The van der Waals surface area contributed by atoms with Gasteiger partial charge in [-0.15, -0.1) is 0 Å². The maximum atomic E-state index is 13.7. The summed E-state index contributed by atoms with van der Waals surface area (Å²) in [6.07, 6.45) is -0.156. The van der Waals surface area contributed by atoms with Crippen LogP contribution in [0.4, 0.5) is 28.9 Å². The Kier molecular flexibility index (Phi) is 5.90. The third kappa shape index (κ3) is 4.10. The maximum Gasteiger partial charge on any atom is 0.243 e. The molecule has 3 rings (SSSR count). The SMILES string of the molecule is CCOc1ccccc1N1C[C@H](C(=O)NNc2c(F)c(F)cc(F)c2F)CC1=O. The second kappa shape index (κ2) is 8.38. The summed E-state index contributed by atoms with van der Waals surface area (Å²) in [6, 6.07) is 6.86. The summed E-state index contributed by atoms with van der Waals surface area (Å²) in [7, 11) is 0. The number of nitrogens with one attached hydrogen (secondary N) is 2. The molecule has 1 aliphatic heterocycles. The molecule has 29 heavy (non-hydrogen) atoms. The van der Waals surface area contributed by atoms with Crippen molar-refractivity contribution in [2.45, 2.75) is 13.3 Å². The summed E-state index contributed by atoms with van der Waals surface area (Å²) in [5, 5.41) is 0. The van der Waals surface area contributed by atoms with Gasteiger partial charge in [0, 0.05) is 19.0 Å². The van der Waals surface area contributed by atoms with Gasteiger partial charge < -0.3 is 9.64 Å². The topological polar surface area (TPSA) is 70.7 Å². The van der Waals surface area contributed by atoms with Crippen LogP contribution < -0.4 is 20.5 Å². The highest BCUT2D eigenvalue weighted by atomic mass is 19.2. The zero-order valence-corrected chi connectivity index (χ0v) is 15.3. The smallest absolute Gasteiger partial charge is 0.243 e. The number of carbonyl (C=O) groups excluding carboxylic acids is 2. The number of para-hydroxylation sites is 2. The van der Waals surface area contributed by atoms with Gasteiger partial charge in [-0.2, -0.15) is 0 Å². The molecular weight excluding hydrogens is 394 g/mol. The van der Waals surface area contributed by atoms with Crippen LogP contribution in [0.15, 0.2) is 30.3 Å². The highest BCUT2D eigenvalue weighted by Crippen LogP contribution is 2.33. The van der Waals surface area contributed by atoms with E-state index in [-0.39, 0.29) is 24.9 Å². The van der Waals surface area contributed by atoms with Crippen LogP contribution in [0, 0.1) is 29.2 Å². The van der Waals surface area contributed by atoms with E-state index < -0.39 is 40.8 Å². The van der Waals surface area contributed by atoms with E-state index in [1.54, 1.807) is 31.2 Å². The number of anilines is 2. The third-order valence-electron chi connectivity index (χ3n) is 4.37. The molecule has 0 unspecified atom stereocenters. The first-order valence-corrected chi connectivity index (χ1v) is 8.74. The summed E-state index contributed by atoms with van der Waals surface area (Å²) in [6.45, 7) is 2.17. The standard InChI is InChI=1S/C19H17F4N3O3/c1-2-29-14-6-4-3-5-13(14)26-9-10(7-15(26)27)19(28)25-24-18-16(22)11(20)8-12(21)17(18)23/h3-6,8,10,24H,2,7,9H2,1H3,(H,25,28)/t10-/m1/s1. The molecule has 0 spiro atoms. The van der Waals surface area contributed by atoms with Crippen molar-refractivity contribution in [2.24, 2.45) is 5.92 Å². The summed E-state index contributed by atoms with van der Waals surface area (Å²) in [4.78, 5) is 26.1. The first-order chi connectivity index (χ1) is 13.8. The molecule has 2 amide bonds. The van der Waals surface area contributed by atoms with Gasteiger partial charge in [-0.1, -0.05) is 12.1 Å². The van der Waals surface area contributed by atoms with Gasteiger partial charge >= 0.3 is 0 Å². The van der Waals surface area contributed by atoms with E-state index >= 15 is 0 Å². The van der Waals surface area contributed by atoms with Crippen molar-refractivity contribution in [1.29, 1.82) is 0 Å². The molecule has 1 saturated heterocycles. The Hall–Kier alpha value is -3.30. The van der Waals surface area contributed by atoms with Crippen molar-refractivity contribution < 1.29 is 31.9 Å². The minimum absolute atomic E-state index is 0.00108. The van der Waals surface area contributed by atoms with Crippen LogP contribution in [0.1, 0.15) is 13.3 Å². The van der Waals surface area contributed by atoms with Gasteiger partial charge in [0.2, 0.25) is 11.8 Å². The van der Waals surface area contributed by atoms with Crippen molar-refractivity contribution in [2.75, 3.05) is 23.5 Å². The molecule has 154 valence electrons. The van der Waals surface area contributed by atoms with Crippen molar-refractivity contribution in [3.63, 3.8) is 0 Å². The monoisotopic (exact) mass is 411 g/mol. The summed E-state index contributed by atoms with van der Waals surface area (Å²) >= 11 is 0. The van der Waals surface area contributed by atoms with Crippen LogP contribution in [0.3, 0.4) is 0 Å². The van der Waals surface area contributed by atoms with Crippen LogP contribution >= 0.6 is 0 Å². The first-order valence-electron chi connectivity index (χ1n) is 8.74. The van der Waals surface area contributed by atoms with Crippen LogP contribution in [0.5, 0.6) is 5.75 Å². The van der Waals surface area contributed by atoms with Gasteiger partial charge in [-0.05, 0) is 19.1 Å². The molecule has 0 aliphatic carbocycles. The number of hydrogen-bond acceptors (Lipinski definition) is 4. The zero-order chi connectivity index (χ0) is 21.1. The quantitative estimate of drug-likeness (QED) is 0.435. The largest absolute Gasteiger partial charge is 0.492 e. The Balaban J connectivity index is 1.71. The van der Waals surface area contributed by atoms with Gasteiger partial charge in [0.05, 0.1) is 18.2 Å². The lowest BCUT2D eigenvalue weighted by Gasteiger charge is -2.20. The zero-order valence-electron chi connectivity index (χ0n) is 15.3. The predicted octanol–water partition coefficient (Wildman–Crippen LogP) is 3.14. The number of benzene rings is 2. The van der Waals surface area contributed by atoms with E-state index in [9.17, 15) is 27.2 Å². The third-order valence-corrected chi connectivity index (χ3v) is 4.37. The van der Waals surface area contributed by atoms with E-state index in [0.717, 1.165) is 0 Å². The number of halogens is 4. The molecule has 0 saturated carbocycles. The summed E-state index contributed by atoms with van der Waals surface area (Å²) < 4.78 is 59.3. The van der Waals surface area contributed by atoms with E-state index in [4.69, 9.17) is 4.74 Å². The number of hydrogen-bond donors (Lipinski definition) is 2. The van der Waals surface area contributed by atoms with Crippen LogP contribution in [0.25, 0.3) is 0 Å².